The highest BCUT2D eigenvalue weighted by Crippen LogP contribution is 2.49. The number of amides is 1. The van der Waals surface area contributed by atoms with Crippen molar-refractivity contribution in [3.05, 3.63) is 95.1 Å². The maximum Gasteiger partial charge on any atom is 0.329 e. The summed E-state index contributed by atoms with van der Waals surface area (Å²) in [6, 6.07) is 23.5. The van der Waals surface area contributed by atoms with E-state index in [1.54, 1.807) is 12.1 Å². The van der Waals surface area contributed by atoms with Crippen LogP contribution in [0.15, 0.2) is 72.8 Å². The summed E-state index contributed by atoms with van der Waals surface area (Å²) >= 11 is 0. The number of hydrogen-bond donors (Lipinski definition) is 0. The van der Waals surface area contributed by atoms with E-state index in [-0.39, 0.29) is 17.8 Å². The Bertz CT molecular complexity index is 1560. The Morgan fingerprint density at radius 1 is 1.00 bits per heavy atom. The molecular weight excluding hydrogens is 540 g/mol. The summed E-state index contributed by atoms with van der Waals surface area (Å²) in [5.74, 6) is -0.239. The van der Waals surface area contributed by atoms with Gasteiger partial charge in [-0.05, 0) is 42.0 Å². The minimum absolute atomic E-state index is 0.0924. The van der Waals surface area contributed by atoms with Crippen LogP contribution in [-0.4, -0.2) is 52.1 Å². The number of carbonyl (C=O) groups is 3. The van der Waals surface area contributed by atoms with Crippen LogP contribution in [0, 0.1) is 11.3 Å². The van der Waals surface area contributed by atoms with Crippen LogP contribution in [0.25, 0.3) is 0 Å². The fourth-order valence-electron chi connectivity index (χ4n) is 5.67. The summed E-state index contributed by atoms with van der Waals surface area (Å²) in [5.41, 5.74) is 2.62. The van der Waals surface area contributed by atoms with Crippen LogP contribution in [0.4, 0.5) is 0 Å². The summed E-state index contributed by atoms with van der Waals surface area (Å²) in [7, 11) is 0.828. The quantitative estimate of drug-likeness (QED) is 0.304. The van der Waals surface area contributed by atoms with E-state index >= 15 is 0 Å². The number of rotatable bonds is 7. The van der Waals surface area contributed by atoms with E-state index in [2.05, 4.69) is 6.07 Å². The van der Waals surface area contributed by atoms with Crippen molar-refractivity contribution < 1.29 is 28.6 Å². The molecule has 41 heavy (non-hydrogen) atoms. The van der Waals surface area contributed by atoms with E-state index in [9.17, 15) is 19.6 Å². The third kappa shape index (κ3) is 4.68. The van der Waals surface area contributed by atoms with Crippen LogP contribution in [0.3, 0.4) is 0 Å². The van der Waals surface area contributed by atoms with Crippen molar-refractivity contribution in [1.82, 2.24) is 4.90 Å². The molecule has 0 spiro atoms. The molecule has 0 aliphatic carbocycles. The molecule has 1 amide bonds. The average Bonchev–Trinajstić information content (AvgIpc) is 3.74. The van der Waals surface area contributed by atoms with E-state index in [4.69, 9.17) is 14.2 Å². The number of nitriles is 1. The molecule has 0 radical (unpaired) electrons. The molecule has 3 aliphatic heterocycles. The summed E-state index contributed by atoms with van der Waals surface area (Å²) < 4.78 is 18.0. The molecule has 3 heterocycles. The van der Waals surface area contributed by atoms with E-state index in [0.717, 1.165) is 35.5 Å². The molecule has 0 aromatic heterocycles. The van der Waals surface area contributed by atoms with Crippen molar-refractivity contribution in [2.75, 3.05) is 18.6 Å². The first-order valence-corrected chi connectivity index (χ1v) is 15.0. The highest BCUT2D eigenvalue weighted by molar-refractivity contribution is 8.17. The molecule has 6 rings (SSSR count). The van der Waals surface area contributed by atoms with Crippen LogP contribution in [0.1, 0.15) is 46.3 Å². The molecule has 208 valence electrons. The molecule has 0 N–H and O–H groups in total. The maximum absolute atomic E-state index is 13.7. The number of ether oxygens (including phenoxy) is 3. The van der Waals surface area contributed by atoms with Crippen LogP contribution in [-0.2, 0) is 26.7 Å². The molecule has 1 atom stereocenters. The van der Waals surface area contributed by atoms with Gasteiger partial charge in [0.1, 0.15) is 17.0 Å². The van der Waals surface area contributed by atoms with Gasteiger partial charge < -0.3 is 19.1 Å². The Kier molecular flexibility index (Phi) is 7.10. The zero-order chi connectivity index (χ0) is 28.6. The first-order valence-electron chi connectivity index (χ1n) is 13.5. The lowest BCUT2D eigenvalue weighted by atomic mass is 9.97. The molecule has 3 aliphatic rings. The molecule has 9 heteroatoms. The third-order valence-corrected chi connectivity index (χ3v) is 10.2. The summed E-state index contributed by atoms with van der Waals surface area (Å²) in [4.78, 5) is 41.3. The second-order valence-corrected chi connectivity index (χ2v) is 12.4. The van der Waals surface area contributed by atoms with Crippen LogP contribution in [0.2, 0.25) is 0 Å². The molecule has 0 unspecified atom stereocenters. The summed E-state index contributed by atoms with van der Waals surface area (Å²) in [5, 5.41) is 9.70. The highest BCUT2D eigenvalue weighted by atomic mass is 32.2. The third-order valence-electron chi connectivity index (χ3n) is 7.72. The molecule has 3 aromatic carbocycles. The first-order chi connectivity index (χ1) is 19.9. The number of fused-ring (bicyclic) bond motifs is 2. The van der Waals surface area contributed by atoms with Gasteiger partial charge in [-0.15, -0.1) is 0 Å². The molecule has 8 nitrogen and oxygen atoms in total. The number of methoxy groups -OCH3 is 1. The lowest BCUT2D eigenvalue weighted by Gasteiger charge is -2.28. The van der Waals surface area contributed by atoms with Crippen LogP contribution >= 0.6 is 10.5 Å². The monoisotopic (exact) mass is 568 g/mol. The number of nitrogens with zero attached hydrogens (tertiary/aromatic N) is 2. The number of carbonyl (C=O) groups excluding carboxylic acids is 3. The Balaban J connectivity index is 1.30. The van der Waals surface area contributed by atoms with E-state index in [1.807, 2.05) is 60.7 Å². The minimum Gasteiger partial charge on any atom is -0.467 e. The number of esters is 1. The van der Waals surface area contributed by atoms with Gasteiger partial charge in [-0.1, -0.05) is 60.7 Å². The van der Waals surface area contributed by atoms with Gasteiger partial charge in [-0.2, -0.15) is 15.7 Å². The molecule has 1 fully saturated rings. The Labute approximate surface area is 240 Å². The van der Waals surface area contributed by atoms with Gasteiger partial charge >= 0.3 is 11.8 Å². The first kappa shape index (κ1) is 26.8. The molecular formula is C32H28N2O6S. The van der Waals surface area contributed by atoms with Gasteiger partial charge in [0.2, 0.25) is 0 Å². The van der Waals surface area contributed by atoms with Crippen molar-refractivity contribution >= 4 is 33.0 Å². The van der Waals surface area contributed by atoms with E-state index in [1.165, 1.54) is 12.0 Å². The lowest BCUT2D eigenvalue weighted by molar-refractivity contribution is -0.147. The maximum atomic E-state index is 13.7. The standard InChI is InChI=1S/C32H28N2O6S/c1-38-31(37)25(18-26(35)29(19-33)41-14-8-9-15-41)34-20-21-16-27-28(17-24(21)30(34)36)40-32(39-27,22-10-4-2-5-11-22)23-12-6-3-7-13-23/h2-7,10-13,16-17,25H,8-9,14-15,18,20H2,1H3/t25-/m0/s1. The van der Waals surface area contributed by atoms with Crippen molar-refractivity contribution in [1.29, 1.82) is 5.26 Å². The smallest absolute Gasteiger partial charge is 0.329 e. The van der Waals surface area contributed by atoms with Gasteiger partial charge in [0.25, 0.3) is 5.91 Å². The second kappa shape index (κ2) is 10.9. The van der Waals surface area contributed by atoms with Crippen molar-refractivity contribution in [3.63, 3.8) is 0 Å². The van der Waals surface area contributed by atoms with Crippen molar-refractivity contribution in [2.45, 2.75) is 37.6 Å². The Hall–Kier alpha value is -4.42. The Morgan fingerprint density at radius 3 is 2.15 bits per heavy atom. The molecule has 3 aromatic rings. The normalized spacial score (nSPS) is 17.6. The molecule has 1 saturated heterocycles. The highest BCUT2D eigenvalue weighted by Gasteiger charge is 2.47. The zero-order valence-electron chi connectivity index (χ0n) is 22.5. The minimum atomic E-state index is -1.23. The van der Waals surface area contributed by atoms with E-state index in [0.29, 0.717) is 22.6 Å². The van der Waals surface area contributed by atoms with Gasteiger partial charge in [0.15, 0.2) is 17.3 Å². The SMILES string of the molecule is COC(=O)[C@H](CC(=O)C(C#N)=S1CCCC1)N1Cc2cc3c(cc2C1=O)OC(c1ccccc1)(c1ccccc1)O3. The van der Waals surface area contributed by atoms with Gasteiger partial charge in [0.05, 0.1) is 7.11 Å². The molecule has 0 bridgehead atoms. The number of hydrogen-bond acceptors (Lipinski definition) is 7. The number of Topliss-reactive ketones (excluding diaryl/α,β-unsaturated/α-hetero) is 1. The van der Waals surface area contributed by atoms with E-state index < -0.39 is 40.0 Å². The van der Waals surface area contributed by atoms with Crippen LogP contribution < -0.4 is 9.47 Å². The number of benzene rings is 3. The van der Waals surface area contributed by atoms with Crippen LogP contribution in [0.5, 0.6) is 11.5 Å². The zero-order valence-corrected chi connectivity index (χ0v) is 23.3. The largest absolute Gasteiger partial charge is 0.467 e. The predicted molar refractivity (Wildman–Crippen MR) is 154 cm³/mol. The predicted octanol–water partition coefficient (Wildman–Crippen LogP) is 4.57. The fraction of sp³-hybridized carbons (Fsp3) is 0.281. The van der Waals surface area contributed by atoms with Crippen molar-refractivity contribution in [2.24, 2.45) is 0 Å². The van der Waals surface area contributed by atoms with Gasteiger partial charge in [-0.25, -0.2) is 4.79 Å². The summed E-state index contributed by atoms with van der Waals surface area (Å²) in [6.07, 6.45) is 1.66. The van der Waals surface area contributed by atoms with Crippen molar-refractivity contribution in [3.8, 4) is 17.6 Å². The molecule has 0 saturated carbocycles. The lowest BCUT2D eigenvalue weighted by Crippen LogP contribution is -2.44. The average molecular weight is 569 g/mol. The van der Waals surface area contributed by atoms with Gasteiger partial charge in [-0.3, -0.25) is 9.59 Å². The fourth-order valence-corrected chi connectivity index (χ4v) is 7.92. The second-order valence-electron chi connectivity index (χ2n) is 10.2. The van der Waals surface area contributed by atoms with Gasteiger partial charge in [0, 0.05) is 29.7 Å². The topological polar surface area (TPSA) is 106 Å². The Morgan fingerprint density at radius 2 is 1.59 bits per heavy atom. The number of ketones is 1. The summed E-state index contributed by atoms with van der Waals surface area (Å²) in [6.45, 7) is 0.0924.